The number of rotatable bonds is 6. The first-order valence-electron chi connectivity index (χ1n) is 8.66. The van der Waals surface area contributed by atoms with Crippen LogP contribution in [0.5, 0.6) is 0 Å². The Hall–Kier alpha value is -3.15. The van der Waals surface area contributed by atoms with Gasteiger partial charge in [-0.05, 0) is 38.0 Å². The summed E-state index contributed by atoms with van der Waals surface area (Å²) < 4.78 is 1.64. The highest BCUT2D eigenvalue weighted by molar-refractivity contribution is 6.02. The summed E-state index contributed by atoms with van der Waals surface area (Å²) in [5.74, 6) is -0.375. The number of fused-ring (bicyclic) bond motifs is 1. The van der Waals surface area contributed by atoms with Gasteiger partial charge in [0.1, 0.15) is 0 Å². The largest absolute Gasteiger partial charge is 0.350 e. The lowest BCUT2D eigenvalue weighted by atomic mass is 10.1. The fraction of sp³-hybridized carbons (Fsp3) is 0.250. The van der Waals surface area contributed by atoms with Crippen LogP contribution in [-0.2, 0) is 6.42 Å². The van der Waals surface area contributed by atoms with Gasteiger partial charge in [-0.2, -0.15) is 0 Å². The van der Waals surface area contributed by atoms with Gasteiger partial charge in [-0.15, -0.1) is 0 Å². The molecule has 2 N–H and O–H groups in total. The number of amides is 2. The van der Waals surface area contributed by atoms with Gasteiger partial charge in [-0.3, -0.25) is 14.0 Å². The van der Waals surface area contributed by atoms with Gasteiger partial charge in [0, 0.05) is 18.8 Å². The van der Waals surface area contributed by atoms with Crippen molar-refractivity contribution in [3.8, 4) is 0 Å². The van der Waals surface area contributed by atoms with E-state index in [4.69, 9.17) is 0 Å². The number of imidazole rings is 1. The number of nitrogens with zero attached hydrogens (tertiary/aromatic N) is 2. The minimum absolute atomic E-state index is 0.0123. The van der Waals surface area contributed by atoms with Crippen LogP contribution in [0.25, 0.3) is 5.52 Å². The maximum Gasteiger partial charge on any atom is 0.287 e. The van der Waals surface area contributed by atoms with Crippen molar-refractivity contribution < 1.29 is 9.59 Å². The Kier molecular flexibility index (Phi) is 5.31. The Bertz CT molecular complexity index is 916. The van der Waals surface area contributed by atoms with Crippen LogP contribution in [0.2, 0.25) is 0 Å². The monoisotopic (exact) mass is 350 g/mol. The molecule has 0 atom stereocenters. The molecular weight excluding hydrogens is 328 g/mol. The molecule has 0 aliphatic rings. The lowest BCUT2D eigenvalue weighted by molar-refractivity contribution is 0.0932. The highest BCUT2D eigenvalue weighted by Gasteiger charge is 2.21. The molecule has 2 aromatic heterocycles. The molecule has 2 amide bonds. The van der Waals surface area contributed by atoms with Gasteiger partial charge >= 0.3 is 0 Å². The van der Waals surface area contributed by atoms with E-state index < -0.39 is 0 Å². The number of nitrogens with one attached hydrogen (secondary N) is 2. The number of hydrogen-bond donors (Lipinski definition) is 2. The molecule has 0 aliphatic heterocycles. The van der Waals surface area contributed by atoms with E-state index in [9.17, 15) is 9.59 Å². The van der Waals surface area contributed by atoms with Crippen molar-refractivity contribution in [3.63, 3.8) is 0 Å². The van der Waals surface area contributed by atoms with Crippen molar-refractivity contribution in [2.45, 2.75) is 26.3 Å². The summed E-state index contributed by atoms with van der Waals surface area (Å²) in [7, 11) is 0. The molecule has 6 nitrogen and oxygen atoms in total. The second kappa shape index (κ2) is 7.82. The Morgan fingerprint density at radius 3 is 2.50 bits per heavy atom. The summed E-state index contributed by atoms with van der Waals surface area (Å²) in [5.41, 5.74) is 2.02. The molecule has 0 unspecified atom stereocenters. The number of hydrogen-bond acceptors (Lipinski definition) is 3. The lowest BCUT2D eigenvalue weighted by Gasteiger charge is -2.06. The van der Waals surface area contributed by atoms with E-state index in [1.165, 1.54) is 0 Å². The van der Waals surface area contributed by atoms with Crippen molar-refractivity contribution >= 4 is 17.3 Å². The molecule has 6 heteroatoms. The Morgan fingerprint density at radius 1 is 1.04 bits per heavy atom. The summed E-state index contributed by atoms with van der Waals surface area (Å²) >= 11 is 0. The lowest BCUT2D eigenvalue weighted by Crippen LogP contribution is -2.31. The fourth-order valence-electron chi connectivity index (χ4n) is 2.74. The minimum Gasteiger partial charge on any atom is -0.350 e. The molecule has 0 spiro atoms. The van der Waals surface area contributed by atoms with E-state index in [1.54, 1.807) is 22.7 Å². The second-order valence-corrected chi connectivity index (χ2v) is 6.36. The average molecular weight is 350 g/mol. The van der Waals surface area contributed by atoms with Crippen molar-refractivity contribution in [2.24, 2.45) is 0 Å². The standard InChI is InChI=1S/C20H22N4O2/c1-14(2)22-20(26)18-23-17(16-10-6-7-13-24(16)18)19(25)21-12-11-15-8-4-3-5-9-15/h3-10,13-14H,11-12H2,1-2H3,(H,21,25)(H,22,26). The maximum absolute atomic E-state index is 12.6. The minimum atomic E-state index is -0.301. The van der Waals surface area contributed by atoms with Crippen molar-refractivity contribution in [2.75, 3.05) is 6.54 Å². The summed E-state index contributed by atoms with van der Waals surface area (Å²) in [5, 5.41) is 5.70. The van der Waals surface area contributed by atoms with Crippen molar-refractivity contribution in [3.05, 3.63) is 71.8 Å². The zero-order chi connectivity index (χ0) is 18.5. The first-order valence-corrected chi connectivity index (χ1v) is 8.66. The summed E-state index contributed by atoms with van der Waals surface area (Å²) in [6, 6.07) is 15.3. The topological polar surface area (TPSA) is 75.5 Å². The Labute approximate surface area is 152 Å². The van der Waals surface area contributed by atoms with Crippen LogP contribution in [0.1, 0.15) is 40.5 Å². The third-order valence-electron chi connectivity index (χ3n) is 3.93. The van der Waals surface area contributed by atoms with E-state index in [0.29, 0.717) is 12.1 Å². The molecule has 0 bridgehead atoms. The van der Waals surface area contributed by atoms with Gasteiger partial charge in [0.25, 0.3) is 11.8 Å². The normalized spacial score (nSPS) is 10.9. The molecule has 134 valence electrons. The van der Waals surface area contributed by atoms with E-state index in [1.807, 2.05) is 50.2 Å². The molecule has 0 fully saturated rings. The van der Waals surface area contributed by atoms with Crippen LogP contribution < -0.4 is 10.6 Å². The van der Waals surface area contributed by atoms with Crippen LogP contribution in [-0.4, -0.2) is 33.8 Å². The van der Waals surface area contributed by atoms with E-state index in [0.717, 1.165) is 12.0 Å². The SMILES string of the molecule is CC(C)NC(=O)c1nc(C(=O)NCCc2ccccc2)c2ccccn12. The molecule has 3 rings (SSSR count). The molecule has 0 aliphatic carbocycles. The quantitative estimate of drug-likeness (QED) is 0.717. The molecule has 0 saturated heterocycles. The van der Waals surface area contributed by atoms with Gasteiger partial charge < -0.3 is 10.6 Å². The smallest absolute Gasteiger partial charge is 0.287 e. The third kappa shape index (κ3) is 3.91. The summed E-state index contributed by atoms with van der Waals surface area (Å²) in [6.45, 7) is 4.26. The first-order chi connectivity index (χ1) is 12.6. The molecule has 0 saturated carbocycles. The second-order valence-electron chi connectivity index (χ2n) is 6.36. The van der Waals surface area contributed by atoms with Crippen LogP contribution in [0, 0.1) is 0 Å². The van der Waals surface area contributed by atoms with Crippen LogP contribution in [0.15, 0.2) is 54.7 Å². The maximum atomic E-state index is 12.6. The van der Waals surface area contributed by atoms with Crippen LogP contribution in [0.3, 0.4) is 0 Å². The van der Waals surface area contributed by atoms with E-state index in [-0.39, 0.29) is 29.4 Å². The number of carbonyl (C=O) groups is 2. The first kappa shape index (κ1) is 17.7. The zero-order valence-electron chi connectivity index (χ0n) is 14.9. The molecule has 1 aromatic carbocycles. The summed E-state index contributed by atoms with van der Waals surface area (Å²) in [4.78, 5) is 29.3. The molecule has 26 heavy (non-hydrogen) atoms. The number of benzene rings is 1. The van der Waals surface area contributed by atoms with Crippen molar-refractivity contribution in [1.29, 1.82) is 0 Å². The molecule has 3 aromatic rings. The van der Waals surface area contributed by atoms with Crippen molar-refractivity contribution in [1.82, 2.24) is 20.0 Å². The van der Waals surface area contributed by atoms with Gasteiger partial charge in [-0.1, -0.05) is 36.4 Å². The number of aromatic nitrogens is 2. The number of carbonyl (C=O) groups excluding carboxylic acids is 2. The molecular formula is C20H22N4O2. The van der Waals surface area contributed by atoms with Gasteiger partial charge in [0.2, 0.25) is 5.82 Å². The average Bonchev–Trinajstić information content (AvgIpc) is 3.02. The van der Waals surface area contributed by atoms with Crippen LogP contribution >= 0.6 is 0 Å². The van der Waals surface area contributed by atoms with Gasteiger partial charge in [0.05, 0.1) is 5.52 Å². The van der Waals surface area contributed by atoms with Gasteiger partial charge in [0.15, 0.2) is 5.69 Å². The Morgan fingerprint density at radius 2 is 1.77 bits per heavy atom. The predicted molar refractivity (Wildman–Crippen MR) is 100 cm³/mol. The molecule has 0 radical (unpaired) electrons. The predicted octanol–water partition coefficient (Wildman–Crippen LogP) is 2.44. The Balaban J connectivity index is 1.78. The van der Waals surface area contributed by atoms with Crippen LogP contribution in [0.4, 0.5) is 0 Å². The molecule has 2 heterocycles. The highest BCUT2D eigenvalue weighted by atomic mass is 16.2. The van der Waals surface area contributed by atoms with E-state index >= 15 is 0 Å². The fourth-order valence-corrected chi connectivity index (χ4v) is 2.74. The van der Waals surface area contributed by atoms with Gasteiger partial charge in [-0.25, -0.2) is 4.98 Å². The summed E-state index contributed by atoms with van der Waals surface area (Å²) in [6.07, 6.45) is 2.47. The third-order valence-corrected chi connectivity index (χ3v) is 3.93. The van der Waals surface area contributed by atoms with E-state index in [2.05, 4.69) is 15.6 Å². The number of pyridine rings is 1. The zero-order valence-corrected chi connectivity index (χ0v) is 14.9. The highest BCUT2D eigenvalue weighted by Crippen LogP contribution is 2.13.